The molecule has 0 saturated carbocycles. The van der Waals surface area contributed by atoms with E-state index < -0.39 is 0 Å². The number of para-hydroxylation sites is 1. The van der Waals surface area contributed by atoms with Crippen LogP contribution >= 0.6 is 0 Å². The Morgan fingerprint density at radius 1 is 1.15 bits per heavy atom. The number of pyridine rings is 2. The molecule has 20 heavy (non-hydrogen) atoms. The van der Waals surface area contributed by atoms with Crippen molar-refractivity contribution in [3.63, 3.8) is 0 Å². The number of nitrogens with one attached hydrogen (secondary N) is 1. The largest absolute Gasteiger partial charge is 0.338 e. The van der Waals surface area contributed by atoms with Gasteiger partial charge in [0, 0.05) is 11.6 Å². The first-order valence-electron chi connectivity index (χ1n) is 6.25. The Balaban J connectivity index is 2.02. The van der Waals surface area contributed by atoms with Gasteiger partial charge in [-0.15, -0.1) is 0 Å². The van der Waals surface area contributed by atoms with Gasteiger partial charge in [0.05, 0.1) is 23.0 Å². The first kappa shape index (κ1) is 12.1. The van der Waals surface area contributed by atoms with E-state index in [1.54, 1.807) is 12.4 Å². The third-order valence-corrected chi connectivity index (χ3v) is 3.12. The smallest absolute Gasteiger partial charge is 0.148 e. The van der Waals surface area contributed by atoms with E-state index in [1.807, 2.05) is 43.3 Å². The van der Waals surface area contributed by atoms with Gasteiger partial charge in [-0.1, -0.05) is 18.2 Å². The number of nitrogens with zero attached hydrogens (tertiary/aromatic N) is 3. The van der Waals surface area contributed by atoms with Crippen molar-refractivity contribution in [1.82, 2.24) is 9.97 Å². The van der Waals surface area contributed by atoms with Gasteiger partial charge in [0.25, 0.3) is 0 Å². The van der Waals surface area contributed by atoms with Crippen molar-refractivity contribution in [2.75, 3.05) is 5.32 Å². The molecule has 2 aromatic heterocycles. The maximum absolute atomic E-state index is 9.20. The predicted octanol–water partition coefficient (Wildman–Crippen LogP) is 3.55. The molecule has 3 aromatic rings. The van der Waals surface area contributed by atoms with Crippen molar-refractivity contribution in [1.29, 1.82) is 5.26 Å². The van der Waals surface area contributed by atoms with Gasteiger partial charge in [-0.05, 0) is 30.7 Å². The highest BCUT2D eigenvalue weighted by Gasteiger charge is 2.07. The summed E-state index contributed by atoms with van der Waals surface area (Å²) in [7, 11) is 0. The Morgan fingerprint density at radius 3 is 2.85 bits per heavy atom. The molecular formula is C16H12N4. The number of hydrogen-bond acceptors (Lipinski definition) is 4. The standard InChI is InChI=1S/C16H12N4/c1-11-6-7-18-16(14(11)9-17)20-13-8-12-4-2-3-5-15(12)19-10-13/h2-8,10H,1H3,(H,18,20). The minimum absolute atomic E-state index is 0.556. The molecule has 2 heterocycles. The molecule has 0 fully saturated rings. The molecule has 0 saturated heterocycles. The normalized spacial score (nSPS) is 10.2. The molecule has 0 unspecified atom stereocenters. The van der Waals surface area contributed by atoms with Gasteiger partial charge < -0.3 is 5.32 Å². The molecule has 1 N–H and O–H groups in total. The molecule has 4 heteroatoms. The fourth-order valence-corrected chi connectivity index (χ4v) is 2.07. The van der Waals surface area contributed by atoms with Crippen molar-refractivity contribution in [3.8, 4) is 6.07 Å². The number of nitriles is 1. The summed E-state index contributed by atoms with van der Waals surface area (Å²) in [5.74, 6) is 0.560. The summed E-state index contributed by atoms with van der Waals surface area (Å²) in [6.45, 7) is 1.89. The minimum Gasteiger partial charge on any atom is -0.338 e. The van der Waals surface area contributed by atoms with Crippen molar-refractivity contribution in [3.05, 3.63) is 59.9 Å². The average Bonchev–Trinajstić information content (AvgIpc) is 2.47. The van der Waals surface area contributed by atoms with Gasteiger partial charge in [0.15, 0.2) is 0 Å². The quantitative estimate of drug-likeness (QED) is 0.765. The van der Waals surface area contributed by atoms with Crippen LogP contribution in [-0.4, -0.2) is 9.97 Å². The second-order valence-electron chi connectivity index (χ2n) is 4.50. The summed E-state index contributed by atoms with van der Waals surface area (Å²) in [5, 5.41) is 13.4. The van der Waals surface area contributed by atoms with E-state index in [0.717, 1.165) is 22.2 Å². The summed E-state index contributed by atoms with van der Waals surface area (Å²) >= 11 is 0. The Labute approximate surface area is 116 Å². The lowest BCUT2D eigenvalue weighted by Crippen LogP contribution is -1.99. The monoisotopic (exact) mass is 260 g/mol. The molecule has 0 amide bonds. The fourth-order valence-electron chi connectivity index (χ4n) is 2.07. The third kappa shape index (κ3) is 2.17. The average molecular weight is 260 g/mol. The number of rotatable bonds is 2. The van der Waals surface area contributed by atoms with Crippen LogP contribution in [0.5, 0.6) is 0 Å². The van der Waals surface area contributed by atoms with Crippen LogP contribution in [0, 0.1) is 18.3 Å². The first-order chi connectivity index (χ1) is 9.78. The zero-order valence-corrected chi connectivity index (χ0v) is 11.0. The van der Waals surface area contributed by atoms with Crippen molar-refractivity contribution >= 4 is 22.4 Å². The number of aryl methyl sites for hydroxylation is 1. The Morgan fingerprint density at radius 2 is 2.00 bits per heavy atom. The second-order valence-corrected chi connectivity index (χ2v) is 4.50. The fraction of sp³-hybridized carbons (Fsp3) is 0.0625. The number of aromatic nitrogens is 2. The number of anilines is 2. The summed E-state index contributed by atoms with van der Waals surface area (Å²) < 4.78 is 0. The lowest BCUT2D eigenvalue weighted by Gasteiger charge is -2.09. The van der Waals surface area contributed by atoms with E-state index in [1.165, 1.54) is 0 Å². The third-order valence-electron chi connectivity index (χ3n) is 3.12. The predicted molar refractivity (Wildman–Crippen MR) is 78.7 cm³/mol. The molecule has 96 valence electrons. The molecule has 0 aliphatic heterocycles. The van der Waals surface area contributed by atoms with Crippen molar-refractivity contribution in [2.24, 2.45) is 0 Å². The van der Waals surface area contributed by atoms with Crippen LogP contribution in [0.15, 0.2) is 48.8 Å². The molecule has 0 radical (unpaired) electrons. The zero-order valence-electron chi connectivity index (χ0n) is 11.0. The summed E-state index contributed by atoms with van der Waals surface area (Å²) in [6.07, 6.45) is 3.43. The van der Waals surface area contributed by atoms with Gasteiger partial charge in [-0.3, -0.25) is 4.98 Å². The number of benzene rings is 1. The summed E-state index contributed by atoms with van der Waals surface area (Å²) in [5.41, 5.74) is 3.22. The van der Waals surface area contributed by atoms with Gasteiger partial charge in [-0.2, -0.15) is 5.26 Å². The Kier molecular flexibility index (Phi) is 3.02. The Hall–Kier alpha value is -2.93. The van der Waals surface area contributed by atoms with Crippen LogP contribution in [-0.2, 0) is 0 Å². The number of hydrogen-bond donors (Lipinski definition) is 1. The lowest BCUT2D eigenvalue weighted by atomic mass is 10.1. The van der Waals surface area contributed by atoms with Crippen molar-refractivity contribution < 1.29 is 0 Å². The first-order valence-corrected chi connectivity index (χ1v) is 6.25. The van der Waals surface area contributed by atoms with Gasteiger partial charge >= 0.3 is 0 Å². The zero-order chi connectivity index (χ0) is 13.9. The highest BCUT2D eigenvalue weighted by molar-refractivity contribution is 5.82. The van der Waals surface area contributed by atoms with Gasteiger partial charge in [0.2, 0.25) is 0 Å². The highest BCUT2D eigenvalue weighted by atomic mass is 15.0. The van der Waals surface area contributed by atoms with E-state index in [2.05, 4.69) is 21.4 Å². The van der Waals surface area contributed by atoms with E-state index >= 15 is 0 Å². The highest BCUT2D eigenvalue weighted by Crippen LogP contribution is 2.22. The SMILES string of the molecule is Cc1ccnc(Nc2cnc3ccccc3c2)c1C#N. The number of fused-ring (bicyclic) bond motifs is 1. The van der Waals surface area contributed by atoms with Gasteiger partial charge in [0.1, 0.15) is 11.9 Å². The molecule has 0 spiro atoms. The van der Waals surface area contributed by atoms with E-state index in [0.29, 0.717) is 11.4 Å². The molecule has 0 bridgehead atoms. The molecular weight excluding hydrogens is 248 g/mol. The van der Waals surface area contributed by atoms with Crippen LogP contribution in [0.3, 0.4) is 0 Å². The molecule has 3 rings (SSSR count). The lowest BCUT2D eigenvalue weighted by molar-refractivity contribution is 1.24. The van der Waals surface area contributed by atoms with Crippen LogP contribution in [0.25, 0.3) is 10.9 Å². The minimum atomic E-state index is 0.556. The van der Waals surface area contributed by atoms with E-state index in [4.69, 9.17) is 0 Å². The molecule has 1 aromatic carbocycles. The molecule has 0 aliphatic carbocycles. The van der Waals surface area contributed by atoms with Crippen LogP contribution in [0.2, 0.25) is 0 Å². The second kappa shape index (κ2) is 4.98. The van der Waals surface area contributed by atoms with Crippen LogP contribution < -0.4 is 5.32 Å². The molecule has 0 atom stereocenters. The maximum atomic E-state index is 9.20. The van der Waals surface area contributed by atoms with Crippen molar-refractivity contribution in [2.45, 2.75) is 6.92 Å². The van der Waals surface area contributed by atoms with Crippen LogP contribution in [0.4, 0.5) is 11.5 Å². The van der Waals surface area contributed by atoms with E-state index in [-0.39, 0.29) is 0 Å². The maximum Gasteiger partial charge on any atom is 0.148 e. The van der Waals surface area contributed by atoms with Crippen LogP contribution in [0.1, 0.15) is 11.1 Å². The summed E-state index contributed by atoms with van der Waals surface area (Å²) in [6, 6.07) is 13.9. The summed E-state index contributed by atoms with van der Waals surface area (Å²) in [4.78, 5) is 8.61. The Bertz CT molecular complexity index is 818. The molecule has 4 nitrogen and oxygen atoms in total. The molecule has 0 aliphatic rings. The topological polar surface area (TPSA) is 61.6 Å². The van der Waals surface area contributed by atoms with E-state index in [9.17, 15) is 5.26 Å². The van der Waals surface area contributed by atoms with Gasteiger partial charge in [-0.25, -0.2) is 4.98 Å².